The van der Waals surface area contributed by atoms with Crippen LogP contribution < -0.4 is 4.90 Å². The normalized spacial score (nSPS) is 30.6. The maximum absolute atomic E-state index is 13.3. The highest BCUT2D eigenvalue weighted by atomic mass is 16.4. The Kier molecular flexibility index (Phi) is 4.19. The molecule has 29 heavy (non-hydrogen) atoms. The zero-order valence-electron chi connectivity index (χ0n) is 16.2. The van der Waals surface area contributed by atoms with E-state index in [2.05, 4.69) is 0 Å². The minimum absolute atomic E-state index is 0.0144. The fourth-order valence-electron chi connectivity index (χ4n) is 5.34. The molecule has 6 heteroatoms. The topological polar surface area (TPSA) is 91.8 Å². The molecule has 4 atom stereocenters. The molecule has 2 amide bonds. The Balaban J connectivity index is 1.76. The Hall–Kier alpha value is -3.28. The molecule has 4 rings (SSSR count). The molecule has 1 aliphatic heterocycles. The average Bonchev–Trinajstić information content (AvgIpc) is 2.85. The van der Waals surface area contributed by atoms with Gasteiger partial charge in [0.2, 0.25) is 11.8 Å². The summed E-state index contributed by atoms with van der Waals surface area (Å²) < 4.78 is 0. The number of para-hydroxylation sites is 1. The molecule has 148 valence electrons. The van der Waals surface area contributed by atoms with E-state index in [-0.39, 0.29) is 12.2 Å². The number of ketones is 1. The third-order valence-corrected chi connectivity index (χ3v) is 6.60. The number of hydrogen-bond donors (Lipinski definition) is 1. The summed E-state index contributed by atoms with van der Waals surface area (Å²) in [5.41, 5.74) is -1.76. The van der Waals surface area contributed by atoms with E-state index < -0.39 is 40.4 Å². The Labute approximate surface area is 168 Å². The van der Waals surface area contributed by atoms with Crippen LogP contribution in [0.1, 0.15) is 19.4 Å². The number of fused-ring (bicyclic) bond motifs is 1. The third kappa shape index (κ3) is 2.41. The summed E-state index contributed by atoms with van der Waals surface area (Å²) in [6.07, 6.45) is 0.0144. The molecule has 0 bridgehead atoms. The van der Waals surface area contributed by atoms with Crippen molar-refractivity contribution in [1.29, 1.82) is 0 Å². The number of carbonyl (C=O) groups is 4. The highest BCUT2D eigenvalue weighted by Gasteiger charge is 2.81. The first-order chi connectivity index (χ1) is 13.7. The molecule has 1 saturated carbocycles. The highest BCUT2D eigenvalue weighted by molar-refractivity contribution is 6.28. The molecule has 1 saturated heterocycles. The molecule has 0 spiro atoms. The van der Waals surface area contributed by atoms with Crippen molar-refractivity contribution in [3.63, 3.8) is 0 Å². The minimum Gasteiger partial charge on any atom is -0.481 e. The molecule has 2 aromatic rings. The van der Waals surface area contributed by atoms with Crippen molar-refractivity contribution in [1.82, 2.24) is 0 Å². The van der Waals surface area contributed by atoms with E-state index in [1.54, 1.807) is 54.6 Å². The summed E-state index contributed by atoms with van der Waals surface area (Å²) in [4.78, 5) is 53.0. The number of imide groups is 1. The predicted octanol–water partition coefficient (Wildman–Crippen LogP) is 2.71. The van der Waals surface area contributed by atoms with Gasteiger partial charge < -0.3 is 5.11 Å². The standard InChI is InChI=1S/C23H21NO5/c1-22(16(25)13-14-9-5-3-6-10-14)17-19(26)24(15-11-7-4-8-12-15)21(29)23(17,2)18(22)20(27)28/h3-12,17-18H,13H2,1-2H3,(H,27,28). The van der Waals surface area contributed by atoms with E-state index in [9.17, 15) is 24.3 Å². The smallest absolute Gasteiger partial charge is 0.308 e. The first-order valence-corrected chi connectivity index (χ1v) is 9.47. The van der Waals surface area contributed by atoms with Crippen LogP contribution in [0.4, 0.5) is 5.69 Å². The second kappa shape index (κ2) is 6.37. The number of carboxylic acids is 1. The number of hydrogen-bond acceptors (Lipinski definition) is 4. The lowest BCUT2D eigenvalue weighted by molar-refractivity contribution is -0.199. The van der Waals surface area contributed by atoms with Gasteiger partial charge in [-0.2, -0.15) is 0 Å². The number of Topliss-reactive ketones (excluding diaryl/α,β-unsaturated/α-hetero) is 1. The van der Waals surface area contributed by atoms with Crippen LogP contribution in [0.5, 0.6) is 0 Å². The van der Waals surface area contributed by atoms with Crippen molar-refractivity contribution in [2.75, 3.05) is 4.90 Å². The van der Waals surface area contributed by atoms with Gasteiger partial charge in [-0.05, 0) is 24.6 Å². The van der Waals surface area contributed by atoms with Crippen LogP contribution in [0.3, 0.4) is 0 Å². The number of nitrogens with zero attached hydrogens (tertiary/aromatic N) is 1. The first-order valence-electron chi connectivity index (χ1n) is 9.47. The number of rotatable bonds is 5. The van der Waals surface area contributed by atoms with Crippen LogP contribution in [0.15, 0.2) is 60.7 Å². The van der Waals surface area contributed by atoms with Gasteiger partial charge in [0.15, 0.2) is 0 Å². The summed E-state index contributed by atoms with van der Waals surface area (Å²) in [5, 5.41) is 9.92. The maximum atomic E-state index is 13.3. The lowest BCUT2D eigenvalue weighted by Crippen LogP contribution is -2.69. The van der Waals surface area contributed by atoms with Crippen LogP contribution >= 0.6 is 0 Å². The quantitative estimate of drug-likeness (QED) is 0.792. The van der Waals surface area contributed by atoms with Crippen LogP contribution in [0, 0.1) is 22.7 Å². The van der Waals surface area contributed by atoms with Gasteiger partial charge in [-0.15, -0.1) is 0 Å². The van der Waals surface area contributed by atoms with Crippen LogP contribution in [-0.4, -0.2) is 28.7 Å². The third-order valence-electron chi connectivity index (χ3n) is 6.60. The maximum Gasteiger partial charge on any atom is 0.308 e. The van der Waals surface area contributed by atoms with E-state index in [1.807, 2.05) is 6.07 Å². The molecule has 4 unspecified atom stereocenters. The Morgan fingerprint density at radius 2 is 1.52 bits per heavy atom. The fourth-order valence-corrected chi connectivity index (χ4v) is 5.34. The number of anilines is 1. The molecule has 6 nitrogen and oxygen atoms in total. The van der Waals surface area contributed by atoms with Crippen LogP contribution in [0.2, 0.25) is 0 Å². The molecule has 0 radical (unpaired) electrons. The average molecular weight is 391 g/mol. The lowest BCUT2D eigenvalue weighted by atomic mass is 9.39. The van der Waals surface area contributed by atoms with Crippen LogP contribution in [0.25, 0.3) is 0 Å². The van der Waals surface area contributed by atoms with Gasteiger partial charge in [0, 0.05) is 6.42 Å². The van der Waals surface area contributed by atoms with Crippen molar-refractivity contribution in [2.45, 2.75) is 20.3 Å². The van der Waals surface area contributed by atoms with Crippen molar-refractivity contribution in [3.05, 3.63) is 66.2 Å². The summed E-state index contributed by atoms with van der Waals surface area (Å²) in [6, 6.07) is 17.4. The first kappa shape index (κ1) is 19.1. The van der Waals surface area contributed by atoms with Gasteiger partial charge >= 0.3 is 5.97 Å². The Morgan fingerprint density at radius 1 is 0.966 bits per heavy atom. The number of carbonyl (C=O) groups excluding carboxylic acids is 3. The second-order valence-corrected chi connectivity index (χ2v) is 8.17. The van der Waals surface area contributed by atoms with E-state index in [1.165, 1.54) is 13.8 Å². The summed E-state index contributed by atoms with van der Waals surface area (Å²) in [5.74, 6) is -4.90. The summed E-state index contributed by atoms with van der Waals surface area (Å²) in [7, 11) is 0. The predicted molar refractivity (Wildman–Crippen MR) is 105 cm³/mol. The molecule has 1 aliphatic carbocycles. The lowest BCUT2D eigenvalue weighted by Gasteiger charge is -2.57. The second-order valence-electron chi connectivity index (χ2n) is 8.17. The number of benzene rings is 2. The summed E-state index contributed by atoms with van der Waals surface area (Å²) in [6.45, 7) is 3.01. The summed E-state index contributed by atoms with van der Waals surface area (Å²) >= 11 is 0. The van der Waals surface area contributed by atoms with E-state index in [0.717, 1.165) is 10.5 Å². The monoisotopic (exact) mass is 391 g/mol. The number of carboxylic acid groups (broad SMARTS) is 1. The van der Waals surface area contributed by atoms with Crippen molar-refractivity contribution in [2.24, 2.45) is 22.7 Å². The van der Waals surface area contributed by atoms with Gasteiger partial charge in [-0.1, -0.05) is 55.5 Å². The van der Waals surface area contributed by atoms with Crippen molar-refractivity contribution >= 4 is 29.3 Å². The zero-order chi connectivity index (χ0) is 21.0. The fraction of sp³-hybridized carbons (Fsp3) is 0.304. The van der Waals surface area contributed by atoms with Crippen LogP contribution in [-0.2, 0) is 25.6 Å². The van der Waals surface area contributed by atoms with E-state index in [0.29, 0.717) is 5.69 Å². The van der Waals surface area contributed by atoms with E-state index >= 15 is 0 Å². The molecule has 1 N–H and O–H groups in total. The van der Waals surface area contributed by atoms with Crippen molar-refractivity contribution in [3.8, 4) is 0 Å². The SMILES string of the molecule is CC1(C(=O)Cc2ccccc2)C(C(=O)O)C2(C)C(=O)N(c3ccccc3)C(=O)C12. The van der Waals surface area contributed by atoms with Gasteiger partial charge in [-0.25, -0.2) is 4.90 Å². The highest BCUT2D eigenvalue weighted by Crippen LogP contribution is 2.68. The molecule has 1 heterocycles. The van der Waals surface area contributed by atoms with Gasteiger partial charge in [0.05, 0.1) is 28.4 Å². The molecule has 2 aromatic carbocycles. The zero-order valence-corrected chi connectivity index (χ0v) is 16.2. The van der Waals surface area contributed by atoms with E-state index in [4.69, 9.17) is 0 Å². The number of aliphatic carboxylic acids is 1. The minimum atomic E-state index is -1.45. The van der Waals surface area contributed by atoms with Crippen molar-refractivity contribution < 1.29 is 24.3 Å². The number of amides is 2. The Morgan fingerprint density at radius 3 is 2.07 bits per heavy atom. The van der Waals surface area contributed by atoms with Gasteiger partial charge in [-0.3, -0.25) is 19.2 Å². The molecular weight excluding hydrogens is 370 g/mol. The molecule has 2 aliphatic rings. The largest absolute Gasteiger partial charge is 0.481 e. The molecule has 0 aromatic heterocycles. The van der Waals surface area contributed by atoms with Gasteiger partial charge in [0.25, 0.3) is 0 Å². The molecule has 2 fully saturated rings. The molecular formula is C23H21NO5. The van der Waals surface area contributed by atoms with Gasteiger partial charge in [0.1, 0.15) is 5.78 Å². The Bertz CT molecular complexity index is 1020.